The van der Waals surface area contributed by atoms with Crippen LogP contribution in [0.1, 0.15) is 68.5 Å². The number of carbonyl (C=O) groups excluding carboxylic acids is 2. The molecule has 0 N–H and O–H groups in total. The van der Waals surface area contributed by atoms with Gasteiger partial charge in [-0.3, -0.25) is 9.69 Å². The quantitative estimate of drug-likeness (QED) is 0.347. The molecule has 10 heteroatoms. The molecule has 3 heterocycles. The van der Waals surface area contributed by atoms with Gasteiger partial charge in [-0.2, -0.15) is 4.73 Å². The fourth-order valence-electron chi connectivity index (χ4n) is 6.19. The van der Waals surface area contributed by atoms with Crippen LogP contribution < -0.4 is 4.73 Å². The van der Waals surface area contributed by atoms with E-state index in [2.05, 4.69) is 33.0 Å². The molecule has 1 aromatic heterocycles. The van der Waals surface area contributed by atoms with Crippen LogP contribution in [-0.4, -0.2) is 71.6 Å². The second-order valence-corrected chi connectivity index (χ2v) is 13.5. The number of likely N-dealkylation sites (tertiary alicyclic amines) is 1. The number of nitrogens with zero attached hydrogens (tertiary/aromatic N) is 4. The summed E-state index contributed by atoms with van der Waals surface area (Å²) in [5.74, 6) is 0.444. The first-order valence-electron chi connectivity index (χ1n) is 14.2. The van der Waals surface area contributed by atoms with Crippen LogP contribution in [0, 0.1) is 11.1 Å². The van der Waals surface area contributed by atoms with Crippen LogP contribution in [0.15, 0.2) is 34.9 Å². The van der Waals surface area contributed by atoms with Gasteiger partial charge in [-0.25, -0.2) is 4.79 Å². The van der Waals surface area contributed by atoms with Crippen molar-refractivity contribution in [2.24, 2.45) is 5.92 Å². The second kappa shape index (κ2) is 11.9. The lowest BCUT2D eigenvalue weighted by atomic mass is 9.93. The van der Waals surface area contributed by atoms with Crippen molar-refractivity contribution in [3.05, 3.63) is 67.5 Å². The van der Waals surface area contributed by atoms with Crippen LogP contribution in [-0.2, 0) is 22.4 Å². The Morgan fingerprint density at radius 2 is 1.70 bits per heavy atom. The van der Waals surface area contributed by atoms with Crippen molar-refractivity contribution in [3.63, 3.8) is 0 Å². The normalized spacial score (nSPS) is 20.5. The number of piperidine rings is 1. The molecule has 2 fully saturated rings. The summed E-state index contributed by atoms with van der Waals surface area (Å²) in [6, 6.07) is 7.84. The van der Waals surface area contributed by atoms with Crippen molar-refractivity contribution >= 4 is 39.5 Å². The SMILES string of the molecule is CC(C)(C)OC(=O)N1CCC(CC(=O)N2CCN([C@H]3c4ccc(Cl)cc4CCc4cc(Br)c[n+]([O-])c43)CC2)CC1. The van der Waals surface area contributed by atoms with E-state index in [1.807, 2.05) is 37.8 Å². The number of hydrogen-bond donors (Lipinski definition) is 0. The zero-order valence-electron chi connectivity index (χ0n) is 23.5. The summed E-state index contributed by atoms with van der Waals surface area (Å²) in [4.78, 5) is 31.7. The standard InChI is InChI=1S/C30H38BrClN4O4/c1-30(2,3)40-29(38)35-10-8-20(9-11-35)16-26(37)33-12-14-34(15-13-33)28-25-7-6-24(32)18-21(25)4-5-22-17-23(31)19-36(39)27(22)28/h6-7,17-20,28H,4-5,8-16H2,1-3H3/t28-/m0/s1. The molecule has 1 aliphatic carbocycles. The first-order valence-corrected chi connectivity index (χ1v) is 15.3. The van der Waals surface area contributed by atoms with Crippen molar-refractivity contribution in [3.8, 4) is 0 Å². The highest BCUT2D eigenvalue weighted by Gasteiger charge is 2.38. The number of pyridine rings is 1. The number of hydrogen-bond acceptors (Lipinski definition) is 5. The van der Waals surface area contributed by atoms with Gasteiger partial charge in [0.05, 0.1) is 4.47 Å². The molecule has 40 heavy (non-hydrogen) atoms. The van der Waals surface area contributed by atoms with Crippen molar-refractivity contribution in [2.75, 3.05) is 39.3 Å². The van der Waals surface area contributed by atoms with E-state index < -0.39 is 5.60 Å². The topological polar surface area (TPSA) is 80.0 Å². The Balaban J connectivity index is 1.23. The molecule has 0 bridgehead atoms. The smallest absolute Gasteiger partial charge is 0.410 e. The molecule has 216 valence electrons. The van der Waals surface area contributed by atoms with Crippen molar-refractivity contribution < 1.29 is 19.1 Å². The lowest BCUT2D eigenvalue weighted by Gasteiger charge is -2.40. The van der Waals surface area contributed by atoms with Gasteiger partial charge in [-0.1, -0.05) is 17.7 Å². The predicted octanol–water partition coefficient (Wildman–Crippen LogP) is 5.11. The Hall–Kier alpha value is -2.36. The molecule has 3 aliphatic rings. The van der Waals surface area contributed by atoms with Crippen LogP contribution in [0.25, 0.3) is 0 Å². The second-order valence-electron chi connectivity index (χ2n) is 12.2. The number of piperazine rings is 1. The first-order chi connectivity index (χ1) is 19.0. The summed E-state index contributed by atoms with van der Waals surface area (Å²) in [6.07, 6.45) is 5.02. The molecule has 2 aromatic rings. The van der Waals surface area contributed by atoms with Gasteiger partial charge >= 0.3 is 6.09 Å². The molecule has 1 aromatic carbocycles. The summed E-state index contributed by atoms with van der Waals surface area (Å²) < 4.78 is 7.28. The molecule has 2 amide bonds. The third-order valence-corrected chi connectivity index (χ3v) is 8.87. The van der Waals surface area contributed by atoms with E-state index in [9.17, 15) is 14.8 Å². The Morgan fingerprint density at radius 1 is 1.02 bits per heavy atom. The maximum Gasteiger partial charge on any atom is 0.410 e. The van der Waals surface area contributed by atoms with E-state index in [1.54, 1.807) is 11.1 Å². The molecular weight excluding hydrogens is 596 g/mol. The van der Waals surface area contributed by atoms with E-state index in [0.29, 0.717) is 50.7 Å². The summed E-state index contributed by atoms with van der Waals surface area (Å²) in [5.41, 5.74) is 3.58. The van der Waals surface area contributed by atoms with E-state index in [4.69, 9.17) is 16.3 Å². The van der Waals surface area contributed by atoms with Crippen molar-refractivity contribution in [1.29, 1.82) is 0 Å². The summed E-state index contributed by atoms with van der Waals surface area (Å²) in [6.45, 7) is 9.48. The highest BCUT2D eigenvalue weighted by atomic mass is 79.9. The minimum atomic E-state index is -0.509. The number of aromatic nitrogens is 1. The highest BCUT2D eigenvalue weighted by molar-refractivity contribution is 9.10. The minimum Gasteiger partial charge on any atom is -0.618 e. The van der Waals surface area contributed by atoms with Crippen LogP contribution >= 0.6 is 27.5 Å². The lowest BCUT2D eigenvalue weighted by molar-refractivity contribution is -0.617. The Morgan fingerprint density at radius 3 is 2.38 bits per heavy atom. The summed E-state index contributed by atoms with van der Waals surface area (Å²) in [5, 5.41) is 13.9. The Labute approximate surface area is 249 Å². The zero-order valence-corrected chi connectivity index (χ0v) is 25.8. The average Bonchev–Trinajstić information content (AvgIpc) is 3.05. The molecule has 2 aliphatic heterocycles. The fraction of sp³-hybridized carbons (Fsp3) is 0.567. The van der Waals surface area contributed by atoms with E-state index in [0.717, 1.165) is 51.7 Å². The molecular formula is C30H38BrClN4O4. The van der Waals surface area contributed by atoms with Crippen LogP contribution in [0.4, 0.5) is 4.79 Å². The van der Waals surface area contributed by atoms with Gasteiger partial charge in [0.1, 0.15) is 11.6 Å². The van der Waals surface area contributed by atoms with E-state index >= 15 is 0 Å². The van der Waals surface area contributed by atoms with Gasteiger partial charge in [0.15, 0.2) is 6.20 Å². The van der Waals surface area contributed by atoms with Gasteiger partial charge in [0, 0.05) is 56.3 Å². The third-order valence-electron chi connectivity index (χ3n) is 8.20. The number of ether oxygens (including phenoxy) is 1. The fourth-order valence-corrected chi connectivity index (χ4v) is 6.85. The van der Waals surface area contributed by atoms with E-state index in [-0.39, 0.29) is 24.0 Å². The number of halogens is 2. The maximum absolute atomic E-state index is 13.3. The minimum absolute atomic E-state index is 0.173. The number of rotatable bonds is 3. The molecule has 1 atom stereocenters. The number of fused-ring (bicyclic) bond motifs is 2. The van der Waals surface area contributed by atoms with Gasteiger partial charge in [-0.05, 0) is 97.6 Å². The summed E-state index contributed by atoms with van der Waals surface area (Å²) in [7, 11) is 0. The first kappa shape index (κ1) is 29.1. The highest BCUT2D eigenvalue weighted by Crippen LogP contribution is 2.37. The average molecular weight is 634 g/mol. The number of aryl methyl sites for hydroxylation is 2. The molecule has 0 unspecified atom stereocenters. The Kier molecular flexibility index (Phi) is 8.64. The number of amides is 2. The monoisotopic (exact) mass is 632 g/mol. The van der Waals surface area contributed by atoms with Gasteiger partial charge in [-0.15, -0.1) is 0 Å². The predicted molar refractivity (Wildman–Crippen MR) is 157 cm³/mol. The molecule has 0 saturated carbocycles. The summed E-state index contributed by atoms with van der Waals surface area (Å²) >= 11 is 9.85. The zero-order chi connectivity index (χ0) is 28.6. The largest absolute Gasteiger partial charge is 0.618 e. The van der Waals surface area contributed by atoms with E-state index in [1.165, 1.54) is 5.56 Å². The molecule has 0 spiro atoms. The Bertz CT molecular complexity index is 1270. The van der Waals surface area contributed by atoms with Crippen molar-refractivity contribution in [1.82, 2.24) is 14.7 Å². The van der Waals surface area contributed by atoms with Gasteiger partial charge < -0.3 is 19.7 Å². The molecule has 0 radical (unpaired) electrons. The van der Waals surface area contributed by atoms with Gasteiger partial charge in [0.25, 0.3) is 0 Å². The van der Waals surface area contributed by atoms with Crippen LogP contribution in [0.3, 0.4) is 0 Å². The lowest BCUT2D eigenvalue weighted by Crippen LogP contribution is -2.52. The molecule has 5 rings (SSSR count). The molecule has 8 nitrogen and oxygen atoms in total. The number of benzene rings is 1. The van der Waals surface area contributed by atoms with Crippen molar-refractivity contribution in [2.45, 2.75) is 64.5 Å². The number of carbonyl (C=O) groups is 2. The van der Waals surface area contributed by atoms with Gasteiger partial charge in [0.2, 0.25) is 11.6 Å². The molecule has 2 saturated heterocycles. The third kappa shape index (κ3) is 6.58. The maximum atomic E-state index is 13.3. The van der Waals surface area contributed by atoms with Crippen LogP contribution in [0.2, 0.25) is 5.02 Å². The van der Waals surface area contributed by atoms with Crippen LogP contribution in [0.5, 0.6) is 0 Å².